The highest BCUT2D eigenvalue weighted by Gasteiger charge is 2.43. The fourth-order valence-corrected chi connectivity index (χ4v) is 5.46. The third kappa shape index (κ3) is 10.1. The van der Waals surface area contributed by atoms with Crippen LogP contribution < -0.4 is 9.47 Å². The Morgan fingerprint density at radius 3 is 1.69 bits per heavy atom. The minimum absolute atomic E-state index is 0.0442. The summed E-state index contributed by atoms with van der Waals surface area (Å²) in [4.78, 5) is 17.6. The molecule has 0 radical (unpaired) electrons. The lowest BCUT2D eigenvalue weighted by molar-refractivity contribution is 0.0377. The molecule has 0 aliphatic heterocycles. The average Bonchev–Trinajstić information content (AvgIpc) is 3.03. The molecule has 3 aromatic rings. The fourth-order valence-electron chi connectivity index (χ4n) is 5.46. The number of nitrogens with zero attached hydrogens (tertiary/aromatic N) is 1. The minimum Gasteiger partial charge on any atom is -0.507 e. The van der Waals surface area contributed by atoms with Crippen molar-refractivity contribution in [2.24, 2.45) is 4.99 Å². The summed E-state index contributed by atoms with van der Waals surface area (Å²) in [5.74, 6) is 0.619. The molecule has 0 saturated heterocycles. The van der Waals surface area contributed by atoms with Crippen LogP contribution in [0.25, 0.3) is 0 Å². The molecule has 0 spiro atoms. The van der Waals surface area contributed by atoms with Crippen molar-refractivity contribution < 1.29 is 29.2 Å². The van der Waals surface area contributed by atoms with Gasteiger partial charge in [0.15, 0.2) is 0 Å². The van der Waals surface area contributed by atoms with E-state index < -0.39 is 17.6 Å². The van der Waals surface area contributed by atoms with Gasteiger partial charge in [-0.2, -0.15) is 0 Å². The van der Waals surface area contributed by atoms with E-state index in [0.29, 0.717) is 47.0 Å². The number of carbonyl (C=O) groups is 1. The van der Waals surface area contributed by atoms with Gasteiger partial charge in [0.1, 0.15) is 22.8 Å². The summed E-state index contributed by atoms with van der Waals surface area (Å²) in [6.07, 6.45) is 4.89. The molecule has 7 heteroatoms. The summed E-state index contributed by atoms with van der Waals surface area (Å²) in [7, 11) is 0. The van der Waals surface area contributed by atoms with E-state index in [1.807, 2.05) is 31.2 Å². The van der Waals surface area contributed by atoms with Crippen LogP contribution in [0.4, 0.5) is 0 Å². The molecule has 1 atom stereocenters. The maximum atomic E-state index is 13.5. The molecule has 268 valence electrons. The molecule has 0 saturated carbocycles. The summed E-state index contributed by atoms with van der Waals surface area (Å²) >= 11 is 0. The Labute approximate surface area is 294 Å². The van der Waals surface area contributed by atoms with Crippen molar-refractivity contribution in [3.63, 3.8) is 0 Å². The van der Waals surface area contributed by atoms with Crippen LogP contribution in [-0.2, 0) is 21.2 Å². The number of ether oxygens (including phenoxy) is 3. The van der Waals surface area contributed by atoms with Gasteiger partial charge in [-0.05, 0) is 98.0 Å². The Morgan fingerprint density at radius 2 is 1.27 bits per heavy atom. The monoisotopic (exact) mass is 673 g/mol. The summed E-state index contributed by atoms with van der Waals surface area (Å²) < 4.78 is 18.2. The molecule has 0 aliphatic rings. The summed E-state index contributed by atoms with van der Waals surface area (Å²) in [6.45, 7) is 23.5. The van der Waals surface area contributed by atoms with Crippen molar-refractivity contribution in [2.75, 3.05) is 13.2 Å². The molecule has 1 unspecified atom stereocenters. The highest BCUT2D eigenvalue weighted by Crippen LogP contribution is 2.46. The van der Waals surface area contributed by atoms with E-state index in [-0.39, 0.29) is 22.7 Å². The van der Waals surface area contributed by atoms with E-state index in [1.54, 1.807) is 19.9 Å². The number of phenols is 1. The van der Waals surface area contributed by atoms with E-state index in [9.17, 15) is 15.0 Å². The molecule has 2 N–H and O–H groups in total. The van der Waals surface area contributed by atoms with Gasteiger partial charge in [0.2, 0.25) is 0 Å². The van der Waals surface area contributed by atoms with Gasteiger partial charge >= 0.3 is 5.97 Å². The molecule has 7 nitrogen and oxygen atoms in total. The van der Waals surface area contributed by atoms with Crippen LogP contribution in [0.15, 0.2) is 59.6 Å². The molecular formula is C42H59NO6. The van der Waals surface area contributed by atoms with Gasteiger partial charge in [-0.3, -0.25) is 4.99 Å². The van der Waals surface area contributed by atoms with Crippen LogP contribution >= 0.6 is 0 Å². The van der Waals surface area contributed by atoms with E-state index in [0.717, 1.165) is 36.8 Å². The maximum Gasteiger partial charge on any atom is 0.338 e. The zero-order chi connectivity index (χ0) is 36.6. The van der Waals surface area contributed by atoms with Crippen LogP contribution in [0.1, 0.15) is 140 Å². The Balaban J connectivity index is 2.36. The standard InChI is InChI=1S/C42H59NO6/c1-12-14-22-47-37-20-17-32(40(6,7)8)25-34(37)42(46,35-26-33(41(9,10)11)18-21-38(35)48-23-15-13-2)29(5)43-27-31-24-30(16-19-36(31)44)39(45)49-28(3)4/h16-21,24-29,44,46H,12-15,22-23H2,1-11H3. The third-order valence-electron chi connectivity index (χ3n) is 8.67. The number of carbonyl (C=O) groups excluding carboxylic acids is 1. The Bertz CT molecular complexity index is 1510. The van der Waals surface area contributed by atoms with Crippen LogP contribution in [0.2, 0.25) is 0 Å². The van der Waals surface area contributed by atoms with Gasteiger partial charge in [-0.15, -0.1) is 0 Å². The first-order valence-corrected chi connectivity index (χ1v) is 17.8. The molecule has 3 aromatic carbocycles. The topological polar surface area (TPSA) is 97.6 Å². The highest BCUT2D eigenvalue weighted by atomic mass is 16.5. The normalized spacial score (nSPS) is 13.2. The fraction of sp³-hybridized carbons (Fsp3) is 0.524. The first-order valence-electron chi connectivity index (χ1n) is 17.8. The predicted octanol–water partition coefficient (Wildman–Crippen LogP) is 9.65. The van der Waals surface area contributed by atoms with Gasteiger partial charge in [0.25, 0.3) is 0 Å². The number of benzene rings is 3. The Hall–Kier alpha value is -3.84. The highest BCUT2D eigenvalue weighted by molar-refractivity contribution is 5.93. The number of hydrogen-bond acceptors (Lipinski definition) is 7. The first kappa shape index (κ1) is 39.6. The molecule has 0 heterocycles. The number of aromatic hydroxyl groups is 1. The number of aliphatic hydroxyl groups is 1. The van der Waals surface area contributed by atoms with Gasteiger partial charge in [0, 0.05) is 22.9 Å². The van der Waals surface area contributed by atoms with Gasteiger partial charge in [0.05, 0.1) is 30.9 Å². The van der Waals surface area contributed by atoms with Crippen LogP contribution in [-0.4, -0.2) is 47.8 Å². The lowest BCUT2D eigenvalue weighted by atomic mass is 9.75. The second-order valence-corrected chi connectivity index (χ2v) is 15.3. The van der Waals surface area contributed by atoms with Crippen molar-refractivity contribution in [3.05, 3.63) is 88.0 Å². The maximum absolute atomic E-state index is 13.5. The SMILES string of the molecule is CCCCOc1ccc(C(C)(C)C)cc1C(O)(c1cc(C(C)(C)C)ccc1OCCCC)C(C)N=Cc1cc(C(=O)OC(C)C)ccc1O. The third-order valence-corrected chi connectivity index (χ3v) is 8.67. The van der Waals surface area contributed by atoms with E-state index in [1.165, 1.54) is 18.3 Å². The average molecular weight is 674 g/mol. The van der Waals surface area contributed by atoms with Gasteiger partial charge < -0.3 is 24.4 Å². The lowest BCUT2D eigenvalue weighted by Gasteiger charge is -2.37. The zero-order valence-corrected chi connectivity index (χ0v) is 31.6. The summed E-state index contributed by atoms with van der Waals surface area (Å²) in [5, 5.41) is 24.2. The number of unbranched alkanes of at least 4 members (excludes halogenated alkanes) is 2. The Kier molecular flexibility index (Phi) is 13.5. The van der Waals surface area contributed by atoms with Gasteiger partial charge in [-0.1, -0.05) is 80.4 Å². The van der Waals surface area contributed by atoms with Crippen molar-refractivity contribution >= 4 is 12.2 Å². The van der Waals surface area contributed by atoms with Crippen LogP contribution in [0.3, 0.4) is 0 Å². The molecule has 3 rings (SSSR count). The molecule has 0 aliphatic carbocycles. The molecule has 0 bridgehead atoms. The predicted molar refractivity (Wildman–Crippen MR) is 200 cm³/mol. The smallest absolute Gasteiger partial charge is 0.338 e. The minimum atomic E-state index is -1.73. The number of phenolic OH excluding ortho intramolecular Hbond substituents is 1. The lowest BCUT2D eigenvalue weighted by Crippen LogP contribution is -2.39. The van der Waals surface area contributed by atoms with Crippen molar-refractivity contribution in [3.8, 4) is 17.2 Å². The largest absolute Gasteiger partial charge is 0.507 e. The number of rotatable bonds is 15. The number of hydrogen-bond donors (Lipinski definition) is 2. The second-order valence-electron chi connectivity index (χ2n) is 15.3. The number of esters is 1. The van der Waals surface area contributed by atoms with Crippen molar-refractivity contribution in [1.29, 1.82) is 0 Å². The van der Waals surface area contributed by atoms with Crippen molar-refractivity contribution in [1.82, 2.24) is 0 Å². The van der Waals surface area contributed by atoms with E-state index >= 15 is 0 Å². The van der Waals surface area contributed by atoms with Gasteiger partial charge in [-0.25, -0.2) is 4.79 Å². The van der Waals surface area contributed by atoms with E-state index in [2.05, 4.69) is 67.5 Å². The quantitative estimate of drug-likeness (QED) is 0.0947. The second kappa shape index (κ2) is 16.7. The van der Waals surface area contributed by atoms with E-state index in [4.69, 9.17) is 19.2 Å². The zero-order valence-electron chi connectivity index (χ0n) is 31.6. The summed E-state index contributed by atoms with van der Waals surface area (Å²) in [6, 6.07) is 15.8. The molecular weight excluding hydrogens is 614 g/mol. The first-order chi connectivity index (χ1) is 22.9. The number of aliphatic imine (C=N–C) groups is 1. The Morgan fingerprint density at radius 1 is 0.776 bits per heavy atom. The molecule has 49 heavy (non-hydrogen) atoms. The van der Waals surface area contributed by atoms with Crippen LogP contribution in [0.5, 0.6) is 17.2 Å². The van der Waals surface area contributed by atoms with Crippen molar-refractivity contribution in [2.45, 2.75) is 130 Å². The molecule has 0 aromatic heterocycles. The van der Waals surface area contributed by atoms with Crippen LogP contribution in [0, 0.1) is 0 Å². The molecule has 0 fully saturated rings. The summed E-state index contributed by atoms with van der Waals surface area (Å²) in [5.41, 5.74) is 1.72. The molecule has 0 amide bonds.